The average Bonchev–Trinajstić information content (AvgIpc) is 3.28. The lowest BCUT2D eigenvalue weighted by atomic mass is 9.97. The minimum Gasteiger partial charge on any atom is -0.329 e. The molecular weight excluding hydrogens is 239 g/mol. The molecule has 0 radical (unpaired) electrons. The van der Waals surface area contributed by atoms with Crippen LogP contribution >= 0.6 is 0 Å². The van der Waals surface area contributed by atoms with Gasteiger partial charge in [-0.1, -0.05) is 12.1 Å². The van der Waals surface area contributed by atoms with E-state index in [0.717, 1.165) is 29.9 Å². The van der Waals surface area contributed by atoms with E-state index >= 15 is 0 Å². The van der Waals surface area contributed by atoms with Crippen molar-refractivity contribution in [2.24, 2.45) is 23.5 Å². The third-order valence-corrected chi connectivity index (χ3v) is 4.54. The van der Waals surface area contributed by atoms with Crippen molar-refractivity contribution >= 4 is 0 Å². The second-order valence-electron chi connectivity index (χ2n) is 6.09. The van der Waals surface area contributed by atoms with E-state index in [-0.39, 0.29) is 11.9 Å². The van der Waals surface area contributed by atoms with Crippen molar-refractivity contribution in [3.05, 3.63) is 35.6 Å². The maximum atomic E-state index is 13.3. The number of nitrogens with one attached hydrogen (secondary N) is 1. The Morgan fingerprint density at radius 3 is 2.42 bits per heavy atom. The van der Waals surface area contributed by atoms with Crippen molar-refractivity contribution in [3.8, 4) is 0 Å². The fourth-order valence-corrected chi connectivity index (χ4v) is 3.11. The van der Waals surface area contributed by atoms with Crippen molar-refractivity contribution in [3.63, 3.8) is 0 Å². The molecule has 2 fully saturated rings. The van der Waals surface area contributed by atoms with Gasteiger partial charge in [0.05, 0.1) is 0 Å². The molecule has 104 valence electrons. The molecule has 1 unspecified atom stereocenters. The summed E-state index contributed by atoms with van der Waals surface area (Å²) in [6.07, 6.45) is 5.60. The monoisotopic (exact) mass is 262 g/mol. The molecular formula is C16H23FN2. The van der Waals surface area contributed by atoms with Crippen LogP contribution in [-0.4, -0.2) is 13.1 Å². The highest BCUT2D eigenvalue weighted by molar-refractivity contribution is 5.20. The lowest BCUT2D eigenvalue weighted by molar-refractivity contribution is 0.357. The zero-order chi connectivity index (χ0) is 13.2. The first-order valence-electron chi connectivity index (χ1n) is 7.47. The predicted molar refractivity (Wildman–Crippen MR) is 75.1 cm³/mol. The maximum absolute atomic E-state index is 13.3. The molecule has 0 amide bonds. The number of benzene rings is 1. The highest BCUT2D eigenvalue weighted by Gasteiger charge is 2.41. The molecule has 2 nitrogen and oxygen atoms in total. The second kappa shape index (κ2) is 5.59. The summed E-state index contributed by atoms with van der Waals surface area (Å²) in [7, 11) is 0. The van der Waals surface area contributed by atoms with Crippen molar-refractivity contribution < 1.29 is 4.39 Å². The highest BCUT2D eigenvalue weighted by atomic mass is 19.1. The fraction of sp³-hybridized carbons (Fsp3) is 0.625. The first-order chi connectivity index (χ1) is 9.28. The van der Waals surface area contributed by atoms with Gasteiger partial charge in [-0.2, -0.15) is 0 Å². The molecule has 1 atom stereocenters. The van der Waals surface area contributed by atoms with Crippen molar-refractivity contribution in [1.29, 1.82) is 0 Å². The normalized spacial score (nSPS) is 20.8. The summed E-state index contributed by atoms with van der Waals surface area (Å²) < 4.78 is 13.3. The van der Waals surface area contributed by atoms with E-state index in [4.69, 9.17) is 5.73 Å². The van der Waals surface area contributed by atoms with Crippen molar-refractivity contribution in [1.82, 2.24) is 5.32 Å². The zero-order valence-corrected chi connectivity index (χ0v) is 11.3. The van der Waals surface area contributed by atoms with Crippen LogP contribution in [0, 0.1) is 23.6 Å². The van der Waals surface area contributed by atoms with Crippen LogP contribution in [0.1, 0.15) is 37.3 Å². The van der Waals surface area contributed by atoms with Gasteiger partial charge in [0.25, 0.3) is 0 Å². The van der Waals surface area contributed by atoms with Crippen LogP contribution in [0.4, 0.5) is 4.39 Å². The Morgan fingerprint density at radius 1 is 1.21 bits per heavy atom. The molecule has 0 spiro atoms. The number of nitrogens with two attached hydrogens (primary N) is 1. The van der Waals surface area contributed by atoms with Gasteiger partial charge >= 0.3 is 0 Å². The van der Waals surface area contributed by atoms with E-state index in [9.17, 15) is 4.39 Å². The smallest absolute Gasteiger partial charge is 0.123 e. The van der Waals surface area contributed by atoms with Gasteiger partial charge in [-0.3, -0.25) is 0 Å². The van der Waals surface area contributed by atoms with E-state index in [0.29, 0.717) is 6.54 Å². The third kappa shape index (κ3) is 3.34. The van der Waals surface area contributed by atoms with Crippen LogP contribution in [0.3, 0.4) is 0 Å². The minimum absolute atomic E-state index is 0.0794. The van der Waals surface area contributed by atoms with Crippen LogP contribution < -0.4 is 11.1 Å². The topological polar surface area (TPSA) is 38.0 Å². The van der Waals surface area contributed by atoms with Gasteiger partial charge in [0, 0.05) is 12.6 Å². The Bertz CT molecular complexity index is 415. The fourth-order valence-electron chi connectivity index (χ4n) is 3.11. The van der Waals surface area contributed by atoms with E-state index in [2.05, 4.69) is 5.32 Å². The molecule has 0 heterocycles. The molecule has 3 rings (SSSR count). The molecule has 3 N–H and O–H groups in total. The molecule has 1 aromatic rings. The summed E-state index contributed by atoms with van der Waals surface area (Å²) in [4.78, 5) is 0. The molecule has 2 aliphatic carbocycles. The second-order valence-corrected chi connectivity index (χ2v) is 6.09. The maximum Gasteiger partial charge on any atom is 0.123 e. The largest absolute Gasteiger partial charge is 0.329 e. The molecule has 2 aliphatic rings. The molecule has 0 aliphatic heterocycles. The Morgan fingerprint density at radius 2 is 1.89 bits per heavy atom. The zero-order valence-electron chi connectivity index (χ0n) is 11.3. The summed E-state index contributed by atoms with van der Waals surface area (Å²) in [6, 6.07) is 6.86. The third-order valence-electron chi connectivity index (χ3n) is 4.54. The van der Waals surface area contributed by atoms with E-state index in [1.54, 1.807) is 12.1 Å². The Labute approximate surface area is 114 Å². The molecule has 19 heavy (non-hydrogen) atoms. The van der Waals surface area contributed by atoms with Crippen LogP contribution in [0.15, 0.2) is 24.3 Å². The molecule has 1 aromatic carbocycles. The molecule has 0 bridgehead atoms. The highest BCUT2D eigenvalue weighted by Crippen LogP contribution is 2.48. The lowest BCUT2D eigenvalue weighted by Gasteiger charge is -2.22. The first-order valence-corrected chi connectivity index (χ1v) is 7.47. The number of hydrogen-bond acceptors (Lipinski definition) is 2. The average molecular weight is 262 g/mol. The minimum atomic E-state index is -0.182. The van der Waals surface area contributed by atoms with Gasteiger partial charge in [0.1, 0.15) is 5.82 Å². The molecule has 3 heteroatoms. The van der Waals surface area contributed by atoms with Gasteiger partial charge in [0.15, 0.2) is 0 Å². The number of hydrogen-bond donors (Lipinski definition) is 2. The van der Waals surface area contributed by atoms with Crippen LogP contribution in [0.5, 0.6) is 0 Å². The van der Waals surface area contributed by atoms with Gasteiger partial charge in [-0.15, -0.1) is 0 Å². The van der Waals surface area contributed by atoms with Crippen molar-refractivity contribution in [2.45, 2.75) is 31.7 Å². The lowest BCUT2D eigenvalue weighted by Crippen LogP contribution is -2.33. The van der Waals surface area contributed by atoms with Crippen molar-refractivity contribution in [2.75, 3.05) is 13.1 Å². The van der Waals surface area contributed by atoms with E-state index in [1.807, 2.05) is 6.07 Å². The molecule has 0 saturated heterocycles. The van der Waals surface area contributed by atoms with Crippen LogP contribution in [0.25, 0.3) is 0 Å². The summed E-state index contributed by atoms with van der Waals surface area (Å²) >= 11 is 0. The number of rotatable bonds is 7. The number of halogens is 1. The Balaban J connectivity index is 1.59. The van der Waals surface area contributed by atoms with Gasteiger partial charge in [-0.25, -0.2) is 4.39 Å². The summed E-state index contributed by atoms with van der Waals surface area (Å²) in [5.74, 6) is 2.51. The summed E-state index contributed by atoms with van der Waals surface area (Å²) in [5, 5.41) is 3.56. The van der Waals surface area contributed by atoms with E-state index in [1.165, 1.54) is 31.7 Å². The van der Waals surface area contributed by atoms with Gasteiger partial charge < -0.3 is 11.1 Å². The van der Waals surface area contributed by atoms with Crippen LogP contribution in [0.2, 0.25) is 0 Å². The molecule has 2 saturated carbocycles. The van der Waals surface area contributed by atoms with Crippen LogP contribution in [-0.2, 0) is 0 Å². The Hall–Kier alpha value is -0.930. The van der Waals surface area contributed by atoms with Gasteiger partial charge in [0.2, 0.25) is 0 Å². The summed E-state index contributed by atoms with van der Waals surface area (Å²) in [6.45, 7) is 1.55. The summed E-state index contributed by atoms with van der Waals surface area (Å²) in [5.41, 5.74) is 6.81. The SMILES string of the molecule is NCC(NCC(C1CC1)C1CC1)c1cccc(F)c1. The predicted octanol–water partition coefficient (Wildman–Crippen LogP) is 2.85. The molecule has 0 aromatic heterocycles. The Kier molecular flexibility index (Phi) is 3.85. The van der Waals surface area contributed by atoms with E-state index < -0.39 is 0 Å². The first kappa shape index (κ1) is 13.1. The van der Waals surface area contributed by atoms with Gasteiger partial charge in [-0.05, 0) is 67.7 Å². The quantitative estimate of drug-likeness (QED) is 0.793. The standard InChI is InChI=1S/C16H23FN2/c17-14-3-1-2-13(8-14)16(9-18)19-10-15(11-4-5-11)12-6-7-12/h1-3,8,11-12,15-16,19H,4-7,9-10,18H2.